The van der Waals surface area contributed by atoms with Crippen molar-refractivity contribution < 1.29 is 4.79 Å². The Labute approximate surface area is 105 Å². The van der Waals surface area contributed by atoms with Gasteiger partial charge in [-0.05, 0) is 52.0 Å². The van der Waals surface area contributed by atoms with Gasteiger partial charge in [0.2, 0.25) is 5.91 Å². The molecule has 1 unspecified atom stereocenters. The second-order valence-electron chi connectivity index (χ2n) is 6.15. The van der Waals surface area contributed by atoms with Crippen molar-refractivity contribution in [3.05, 3.63) is 0 Å². The average molecular weight is 238 g/mol. The number of hydrogen-bond acceptors (Lipinski definition) is 2. The first-order valence-electron chi connectivity index (χ1n) is 7.13. The van der Waals surface area contributed by atoms with Crippen LogP contribution >= 0.6 is 0 Å². The molecule has 0 aromatic heterocycles. The third kappa shape index (κ3) is 3.01. The Morgan fingerprint density at radius 2 is 2.06 bits per heavy atom. The Hall–Kier alpha value is -0.570. The topological polar surface area (TPSA) is 41.1 Å². The van der Waals surface area contributed by atoms with Crippen molar-refractivity contribution in [2.24, 2.45) is 11.3 Å². The highest BCUT2D eigenvalue weighted by Gasteiger charge is 2.36. The third-order valence-corrected chi connectivity index (χ3v) is 4.61. The fourth-order valence-corrected chi connectivity index (χ4v) is 3.21. The van der Waals surface area contributed by atoms with E-state index < -0.39 is 0 Å². The summed E-state index contributed by atoms with van der Waals surface area (Å²) in [6.07, 6.45) is 7.38. The number of piperidine rings is 1. The highest BCUT2D eigenvalue weighted by molar-refractivity contribution is 5.82. The Balaban J connectivity index is 1.86. The van der Waals surface area contributed by atoms with E-state index in [1.807, 2.05) is 0 Å². The molecule has 3 nitrogen and oxygen atoms in total. The van der Waals surface area contributed by atoms with Crippen LogP contribution in [-0.4, -0.2) is 25.0 Å². The van der Waals surface area contributed by atoms with Crippen LogP contribution in [0.5, 0.6) is 0 Å². The van der Waals surface area contributed by atoms with Crippen LogP contribution in [0.2, 0.25) is 0 Å². The van der Waals surface area contributed by atoms with E-state index in [0.717, 1.165) is 25.9 Å². The molecule has 0 aromatic rings. The summed E-state index contributed by atoms with van der Waals surface area (Å²) >= 11 is 0. The van der Waals surface area contributed by atoms with Crippen LogP contribution in [0.3, 0.4) is 0 Å². The number of hydrogen-bond donors (Lipinski definition) is 2. The van der Waals surface area contributed by atoms with Gasteiger partial charge in [-0.3, -0.25) is 4.79 Å². The molecule has 0 radical (unpaired) electrons. The molecule has 1 saturated carbocycles. The van der Waals surface area contributed by atoms with Crippen molar-refractivity contribution in [2.75, 3.05) is 13.1 Å². The van der Waals surface area contributed by atoms with Crippen molar-refractivity contribution in [3.8, 4) is 0 Å². The van der Waals surface area contributed by atoms with Gasteiger partial charge in [-0.2, -0.15) is 0 Å². The summed E-state index contributed by atoms with van der Waals surface area (Å²) in [5.41, 5.74) is -0.189. The molecule has 2 fully saturated rings. The van der Waals surface area contributed by atoms with E-state index >= 15 is 0 Å². The Morgan fingerprint density at radius 3 is 2.65 bits per heavy atom. The molecule has 2 N–H and O–H groups in total. The van der Waals surface area contributed by atoms with Crippen LogP contribution in [-0.2, 0) is 4.79 Å². The molecule has 3 heteroatoms. The predicted molar refractivity (Wildman–Crippen MR) is 69.8 cm³/mol. The van der Waals surface area contributed by atoms with E-state index in [1.165, 1.54) is 25.7 Å². The summed E-state index contributed by atoms with van der Waals surface area (Å²) in [6.45, 7) is 6.15. The van der Waals surface area contributed by atoms with Crippen molar-refractivity contribution in [1.82, 2.24) is 10.6 Å². The highest BCUT2D eigenvalue weighted by Crippen LogP contribution is 2.29. The van der Waals surface area contributed by atoms with Gasteiger partial charge < -0.3 is 10.6 Å². The lowest BCUT2D eigenvalue weighted by Crippen LogP contribution is -2.51. The minimum Gasteiger partial charge on any atom is -0.353 e. The maximum Gasteiger partial charge on any atom is 0.227 e. The van der Waals surface area contributed by atoms with E-state index in [9.17, 15) is 4.79 Å². The number of nitrogens with one attached hydrogen (secondary N) is 2. The standard InChI is InChI=1S/C14H26N2O/c1-11(12-6-3-4-7-12)16-13(17)14(2)8-5-9-15-10-14/h11-12,15H,3-10H2,1-2H3,(H,16,17)/t11-,14?/m1/s1. The molecule has 2 rings (SSSR count). The highest BCUT2D eigenvalue weighted by atomic mass is 16.2. The molecule has 0 spiro atoms. The number of carbonyl (C=O) groups is 1. The van der Waals surface area contributed by atoms with Gasteiger partial charge in [0.1, 0.15) is 0 Å². The van der Waals surface area contributed by atoms with Crippen molar-refractivity contribution in [2.45, 2.75) is 58.4 Å². The Kier molecular flexibility index (Phi) is 4.08. The fraction of sp³-hybridized carbons (Fsp3) is 0.929. The van der Waals surface area contributed by atoms with Gasteiger partial charge in [-0.15, -0.1) is 0 Å². The largest absolute Gasteiger partial charge is 0.353 e. The van der Waals surface area contributed by atoms with Gasteiger partial charge in [0.15, 0.2) is 0 Å². The average Bonchev–Trinajstić information content (AvgIpc) is 2.83. The lowest BCUT2D eigenvalue weighted by Gasteiger charge is -2.34. The molecule has 17 heavy (non-hydrogen) atoms. The maximum atomic E-state index is 12.3. The van der Waals surface area contributed by atoms with Crippen LogP contribution in [0, 0.1) is 11.3 Å². The number of rotatable bonds is 3. The normalized spacial score (nSPS) is 32.4. The zero-order chi connectivity index (χ0) is 12.3. The molecule has 1 heterocycles. The van der Waals surface area contributed by atoms with Gasteiger partial charge in [-0.1, -0.05) is 12.8 Å². The first kappa shape index (κ1) is 12.9. The summed E-state index contributed by atoms with van der Waals surface area (Å²) < 4.78 is 0. The number of carbonyl (C=O) groups excluding carboxylic acids is 1. The van der Waals surface area contributed by atoms with E-state index in [2.05, 4.69) is 24.5 Å². The van der Waals surface area contributed by atoms with Gasteiger partial charge in [0, 0.05) is 12.6 Å². The minimum atomic E-state index is -0.189. The van der Waals surface area contributed by atoms with E-state index in [1.54, 1.807) is 0 Å². The molecule has 1 amide bonds. The molecule has 1 aliphatic heterocycles. The van der Waals surface area contributed by atoms with Crippen molar-refractivity contribution >= 4 is 5.91 Å². The first-order chi connectivity index (χ1) is 8.12. The zero-order valence-corrected chi connectivity index (χ0v) is 11.2. The fourth-order valence-electron chi connectivity index (χ4n) is 3.21. The molecular formula is C14H26N2O. The van der Waals surface area contributed by atoms with Gasteiger partial charge in [0.25, 0.3) is 0 Å². The molecule has 2 aliphatic rings. The number of amides is 1. The molecular weight excluding hydrogens is 212 g/mol. The van der Waals surface area contributed by atoms with Gasteiger partial charge >= 0.3 is 0 Å². The Morgan fingerprint density at radius 1 is 1.35 bits per heavy atom. The SMILES string of the molecule is C[C@@H](NC(=O)C1(C)CCCNC1)C1CCCC1. The van der Waals surface area contributed by atoms with E-state index in [-0.39, 0.29) is 11.3 Å². The lowest BCUT2D eigenvalue weighted by atomic mass is 9.81. The van der Waals surface area contributed by atoms with E-state index in [0.29, 0.717) is 12.0 Å². The summed E-state index contributed by atoms with van der Waals surface area (Å²) in [4.78, 5) is 12.3. The monoisotopic (exact) mass is 238 g/mol. The Bertz CT molecular complexity index is 265. The summed E-state index contributed by atoms with van der Waals surface area (Å²) in [7, 11) is 0. The van der Waals surface area contributed by atoms with E-state index in [4.69, 9.17) is 0 Å². The van der Waals surface area contributed by atoms with Crippen LogP contribution < -0.4 is 10.6 Å². The molecule has 2 atom stereocenters. The van der Waals surface area contributed by atoms with Crippen molar-refractivity contribution in [1.29, 1.82) is 0 Å². The molecule has 1 saturated heterocycles. The van der Waals surface area contributed by atoms with Crippen LogP contribution in [0.15, 0.2) is 0 Å². The summed E-state index contributed by atoms with van der Waals surface area (Å²) in [6, 6.07) is 0.351. The van der Waals surface area contributed by atoms with Crippen LogP contribution in [0.1, 0.15) is 52.4 Å². The second kappa shape index (κ2) is 5.38. The summed E-state index contributed by atoms with van der Waals surface area (Å²) in [5, 5.41) is 6.59. The minimum absolute atomic E-state index is 0.189. The summed E-state index contributed by atoms with van der Waals surface area (Å²) in [5.74, 6) is 0.961. The molecule has 1 aliphatic carbocycles. The zero-order valence-electron chi connectivity index (χ0n) is 11.2. The predicted octanol–water partition coefficient (Wildman–Crippen LogP) is 2.07. The quantitative estimate of drug-likeness (QED) is 0.790. The first-order valence-corrected chi connectivity index (χ1v) is 7.13. The molecule has 98 valence electrons. The molecule has 0 aromatic carbocycles. The van der Waals surface area contributed by atoms with Crippen LogP contribution in [0.25, 0.3) is 0 Å². The lowest BCUT2D eigenvalue weighted by molar-refractivity contribution is -0.132. The molecule has 0 bridgehead atoms. The third-order valence-electron chi connectivity index (χ3n) is 4.61. The van der Waals surface area contributed by atoms with Crippen molar-refractivity contribution in [3.63, 3.8) is 0 Å². The van der Waals surface area contributed by atoms with Gasteiger partial charge in [-0.25, -0.2) is 0 Å². The smallest absolute Gasteiger partial charge is 0.227 e. The van der Waals surface area contributed by atoms with Crippen LogP contribution in [0.4, 0.5) is 0 Å². The maximum absolute atomic E-state index is 12.3. The van der Waals surface area contributed by atoms with Gasteiger partial charge in [0.05, 0.1) is 5.41 Å². The second-order valence-corrected chi connectivity index (χ2v) is 6.15.